The van der Waals surface area contributed by atoms with Crippen LogP contribution in [0.5, 0.6) is 0 Å². The molecule has 0 fully saturated rings. The number of para-hydroxylation sites is 1. The molecule has 0 aliphatic carbocycles. The maximum Gasteiger partial charge on any atom is 0.168 e. The molecule has 0 radical (unpaired) electrons. The SMILES string of the molecule is CN(Cc1ccccc1)c1ncnc2c1cnn2-c1ccccc1F. The topological polar surface area (TPSA) is 46.8 Å². The van der Waals surface area contributed by atoms with E-state index in [1.807, 2.05) is 30.1 Å². The van der Waals surface area contributed by atoms with Crippen LogP contribution in [-0.4, -0.2) is 26.8 Å². The number of hydrogen-bond donors (Lipinski definition) is 0. The van der Waals surface area contributed by atoms with Gasteiger partial charge in [0.1, 0.15) is 23.6 Å². The summed E-state index contributed by atoms with van der Waals surface area (Å²) in [5.74, 6) is 0.418. The van der Waals surface area contributed by atoms with Gasteiger partial charge in [-0.15, -0.1) is 0 Å². The minimum absolute atomic E-state index is 0.342. The van der Waals surface area contributed by atoms with Gasteiger partial charge in [-0.05, 0) is 17.7 Å². The lowest BCUT2D eigenvalue weighted by Crippen LogP contribution is -2.18. The Morgan fingerprint density at radius 2 is 1.76 bits per heavy atom. The van der Waals surface area contributed by atoms with Crippen molar-refractivity contribution >= 4 is 16.9 Å². The lowest BCUT2D eigenvalue weighted by Gasteiger charge is -2.18. The van der Waals surface area contributed by atoms with Crippen LogP contribution in [0, 0.1) is 5.82 Å². The molecule has 0 aliphatic rings. The van der Waals surface area contributed by atoms with Gasteiger partial charge in [0.2, 0.25) is 0 Å². The van der Waals surface area contributed by atoms with Crippen molar-refractivity contribution in [1.82, 2.24) is 19.7 Å². The summed E-state index contributed by atoms with van der Waals surface area (Å²) in [7, 11) is 1.97. The van der Waals surface area contributed by atoms with E-state index >= 15 is 0 Å². The molecule has 0 spiro atoms. The number of benzene rings is 2. The third-order valence-corrected chi connectivity index (χ3v) is 4.05. The van der Waals surface area contributed by atoms with Crippen LogP contribution >= 0.6 is 0 Å². The second-order valence-electron chi connectivity index (χ2n) is 5.78. The standard InChI is InChI=1S/C19H16FN5/c1-24(12-14-7-3-2-4-8-14)18-15-11-23-25(19(15)22-13-21-18)17-10-6-5-9-16(17)20/h2-11,13H,12H2,1H3. The Hall–Kier alpha value is -3.28. The normalized spacial score (nSPS) is 11.0. The van der Waals surface area contributed by atoms with Crippen LogP contribution in [0.25, 0.3) is 16.7 Å². The van der Waals surface area contributed by atoms with Crippen molar-refractivity contribution in [2.24, 2.45) is 0 Å². The summed E-state index contributed by atoms with van der Waals surface area (Å²) < 4.78 is 15.6. The van der Waals surface area contributed by atoms with E-state index in [1.54, 1.807) is 24.4 Å². The van der Waals surface area contributed by atoms with Crippen LogP contribution in [0.15, 0.2) is 67.1 Å². The molecule has 2 aromatic heterocycles. The maximum atomic E-state index is 14.1. The number of nitrogens with zero attached hydrogens (tertiary/aromatic N) is 5. The summed E-state index contributed by atoms with van der Waals surface area (Å²) in [6.07, 6.45) is 3.16. The number of hydrogen-bond acceptors (Lipinski definition) is 4. The minimum atomic E-state index is -0.342. The van der Waals surface area contributed by atoms with Crippen molar-refractivity contribution in [3.8, 4) is 5.69 Å². The monoisotopic (exact) mass is 333 g/mol. The van der Waals surface area contributed by atoms with Crippen LogP contribution < -0.4 is 4.90 Å². The Bertz CT molecular complexity index is 1010. The number of anilines is 1. The predicted octanol–water partition coefficient (Wildman–Crippen LogP) is 3.59. The van der Waals surface area contributed by atoms with Gasteiger partial charge in [-0.3, -0.25) is 0 Å². The molecule has 0 aliphatic heterocycles. The van der Waals surface area contributed by atoms with E-state index in [4.69, 9.17) is 0 Å². The zero-order valence-corrected chi connectivity index (χ0v) is 13.7. The fourth-order valence-corrected chi connectivity index (χ4v) is 2.87. The summed E-state index contributed by atoms with van der Waals surface area (Å²) >= 11 is 0. The fourth-order valence-electron chi connectivity index (χ4n) is 2.87. The summed E-state index contributed by atoms with van der Waals surface area (Å²) in [6, 6.07) is 16.7. The van der Waals surface area contributed by atoms with Gasteiger partial charge < -0.3 is 4.90 Å². The van der Waals surface area contributed by atoms with E-state index < -0.39 is 0 Å². The van der Waals surface area contributed by atoms with Crippen molar-refractivity contribution in [3.63, 3.8) is 0 Å². The molecule has 2 aromatic carbocycles. The van der Waals surface area contributed by atoms with Crippen molar-refractivity contribution in [3.05, 3.63) is 78.5 Å². The smallest absolute Gasteiger partial charge is 0.168 e. The molecule has 0 bridgehead atoms. The van der Waals surface area contributed by atoms with E-state index in [0.717, 1.165) is 11.2 Å². The predicted molar refractivity (Wildman–Crippen MR) is 95.2 cm³/mol. The first kappa shape index (κ1) is 15.3. The molecule has 2 heterocycles. The van der Waals surface area contributed by atoms with Gasteiger partial charge in [-0.1, -0.05) is 42.5 Å². The highest BCUT2D eigenvalue weighted by Gasteiger charge is 2.15. The van der Waals surface area contributed by atoms with Crippen molar-refractivity contribution in [1.29, 1.82) is 0 Å². The van der Waals surface area contributed by atoms with E-state index in [0.29, 0.717) is 17.9 Å². The number of rotatable bonds is 4. The zero-order valence-electron chi connectivity index (χ0n) is 13.7. The first-order valence-electron chi connectivity index (χ1n) is 7.93. The molecule has 5 nitrogen and oxygen atoms in total. The van der Waals surface area contributed by atoms with Gasteiger partial charge in [0.05, 0.1) is 11.6 Å². The van der Waals surface area contributed by atoms with Crippen LogP contribution in [0.4, 0.5) is 10.2 Å². The minimum Gasteiger partial charge on any atom is -0.355 e. The molecular formula is C19H16FN5. The average molecular weight is 333 g/mol. The highest BCUT2D eigenvalue weighted by atomic mass is 19.1. The van der Waals surface area contributed by atoms with Gasteiger partial charge in [0, 0.05) is 13.6 Å². The Balaban J connectivity index is 1.76. The third kappa shape index (κ3) is 2.82. The molecule has 25 heavy (non-hydrogen) atoms. The van der Waals surface area contributed by atoms with E-state index in [-0.39, 0.29) is 5.82 Å². The fraction of sp³-hybridized carbons (Fsp3) is 0.105. The van der Waals surface area contributed by atoms with Gasteiger partial charge in [0.25, 0.3) is 0 Å². The first-order chi connectivity index (χ1) is 12.2. The first-order valence-corrected chi connectivity index (χ1v) is 7.93. The van der Waals surface area contributed by atoms with Crippen molar-refractivity contribution < 1.29 is 4.39 Å². The summed E-state index contributed by atoms with van der Waals surface area (Å²) in [5, 5.41) is 5.11. The third-order valence-electron chi connectivity index (χ3n) is 4.05. The molecule has 4 rings (SSSR count). The van der Waals surface area contributed by atoms with E-state index in [9.17, 15) is 4.39 Å². The van der Waals surface area contributed by atoms with Crippen LogP contribution in [0.3, 0.4) is 0 Å². The van der Waals surface area contributed by atoms with E-state index in [2.05, 4.69) is 27.2 Å². The molecule has 0 unspecified atom stereocenters. The number of fused-ring (bicyclic) bond motifs is 1. The molecule has 4 aromatic rings. The van der Waals surface area contributed by atoms with Gasteiger partial charge in [-0.2, -0.15) is 5.10 Å². The molecule has 124 valence electrons. The number of aromatic nitrogens is 4. The van der Waals surface area contributed by atoms with Gasteiger partial charge in [-0.25, -0.2) is 19.0 Å². The van der Waals surface area contributed by atoms with Gasteiger partial charge in [0.15, 0.2) is 5.65 Å². The molecule has 6 heteroatoms. The molecule has 0 amide bonds. The lowest BCUT2D eigenvalue weighted by molar-refractivity contribution is 0.612. The molecule has 0 N–H and O–H groups in total. The molecule has 0 saturated carbocycles. The average Bonchev–Trinajstić information content (AvgIpc) is 3.07. The Labute approximate surface area is 144 Å². The van der Waals surface area contributed by atoms with Crippen LogP contribution in [0.2, 0.25) is 0 Å². The lowest BCUT2D eigenvalue weighted by atomic mass is 10.2. The van der Waals surface area contributed by atoms with Crippen molar-refractivity contribution in [2.75, 3.05) is 11.9 Å². The molecular weight excluding hydrogens is 317 g/mol. The van der Waals surface area contributed by atoms with Gasteiger partial charge >= 0.3 is 0 Å². The maximum absolute atomic E-state index is 14.1. The Morgan fingerprint density at radius 1 is 1.00 bits per heavy atom. The number of halogens is 1. The highest BCUT2D eigenvalue weighted by Crippen LogP contribution is 2.25. The highest BCUT2D eigenvalue weighted by molar-refractivity contribution is 5.87. The van der Waals surface area contributed by atoms with Crippen LogP contribution in [0.1, 0.15) is 5.56 Å². The Kier molecular flexibility index (Phi) is 3.85. The second kappa shape index (κ2) is 6.32. The van der Waals surface area contributed by atoms with Crippen LogP contribution in [-0.2, 0) is 6.54 Å². The Morgan fingerprint density at radius 3 is 2.56 bits per heavy atom. The zero-order chi connectivity index (χ0) is 17.2. The summed E-state index contributed by atoms with van der Waals surface area (Å²) in [5.41, 5.74) is 2.13. The van der Waals surface area contributed by atoms with Crippen molar-refractivity contribution in [2.45, 2.75) is 6.54 Å². The van der Waals surface area contributed by atoms with E-state index in [1.165, 1.54) is 22.6 Å². The second-order valence-corrected chi connectivity index (χ2v) is 5.78. The summed E-state index contributed by atoms with van der Waals surface area (Å²) in [6.45, 7) is 0.706. The quantitative estimate of drug-likeness (QED) is 0.572. The summed E-state index contributed by atoms with van der Waals surface area (Å²) in [4.78, 5) is 10.7. The largest absolute Gasteiger partial charge is 0.355 e. The molecule has 0 saturated heterocycles. The molecule has 0 atom stereocenters.